The SMILES string of the molecule is CCCC(=O)c1cc(C(C)(C)C)ccc1OCC(C)C. The third-order valence-corrected chi connectivity index (χ3v) is 3.20. The van der Waals surface area contributed by atoms with E-state index in [4.69, 9.17) is 4.74 Å². The zero-order chi connectivity index (χ0) is 15.3. The van der Waals surface area contributed by atoms with Crippen LogP contribution in [0.15, 0.2) is 18.2 Å². The van der Waals surface area contributed by atoms with Gasteiger partial charge in [-0.2, -0.15) is 0 Å². The maximum atomic E-state index is 12.3. The molecule has 0 atom stereocenters. The van der Waals surface area contributed by atoms with E-state index in [1.807, 2.05) is 19.1 Å². The summed E-state index contributed by atoms with van der Waals surface area (Å²) < 4.78 is 5.81. The Morgan fingerprint density at radius 2 is 1.90 bits per heavy atom. The van der Waals surface area contributed by atoms with Crippen LogP contribution < -0.4 is 4.74 Å². The molecule has 1 aromatic carbocycles. The van der Waals surface area contributed by atoms with Crippen LogP contribution in [0.2, 0.25) is 0 Å². The summed E-state index contributed by atoms with van der Waals surface area (Å²) in [6.07, 6.45) is 1.44. The van der Waals surface area contributed by atoms with Gasteiger partial charge in [0.25, 0.3) is 0 Å². The van der Waals surface area contributed by atoms with E-state index >= 15 is 0 Å². The molecule has 0 amide bonds. The molecule has 0 radical (unpaired) electrons. The van der Waals surface area contributed by atoms with Gasteiger partial charge in [0.15, 0.2) is 5.78 Å². The molecule has 0 N–H and O–H groups in total. The zero-order valence-electron chi connectivity index (χ0n) is 13.7. The minimum atomic E-state index is 0.0395. The van der Waals surface area contributed by atoms with E-state index in [9.17, 15) is 4.79 Å². The smallest absolute Gasteiger partial charge is 0.166 e. The van der Waals surface area contributed by atoms with Crippen LogP contribution in [0, 0.1) is 5.92 Å². The van der Waals surface area contributed by atoms with E-state index in [-0.39, 0.29) is 11.2 Å². The lowest BCUT2D eigenvalue weighted by atomic mass is 9.85. The molecule has 0 heterocycles. The number of carbonyl (C=O) groups excluding carboxylic acids is 1. The molecule has 0 fully saturated rings. The van der Waals surface area contributed by atoms with Crippen molar-refractivity contribution >= 4 is 5.78 Å². The lowest BCUT2D eigenvalue weighted by molar-refractivity contribution is 0.0977. The second-order valence-electron chi connectivity index (χ2n) is 6.84. The Kier molecular flexibility index (Phi) is 5.79. The standard InChI is InChI=1S/C18H28O2/c1-7-8-16(19)15-11-14(18(4,5)6)9-10-17(15)20-12-13(2)3/h9-11,13H,7-8,12H2,1-6H3. The fourth-order valence-corrected chi connectivity index (χ4v) is 1.96. The van der Waals surface area contributed by atoms with E-state index in [0.717, 1.165) is 17.7 Å². The van der Waals surface area contributed by atoms with Crippen molar-refractivity contribution in [3.8, 4) is 5.75 Å². The van der Waals surface area contributed by atoms with Gasteiger partial charge in [0, 0.05) is 6.42 Å². The van der Waals surface area contributed by atoms with Gasteiger partial charge in [0.05, 0.1) is 12.2 Å². The number of hydrogen-bond acceptors (Lipinski definition) is 2. The van der Waals surface area contributed by atoms with Crippen LogP contribution in [-0.2, 0) is 5.41 Å². The van der Waals surface area contributed by atoms with Crippen molar-refractivity contribution in [1.29, 1.82) is 0 Å². The van der Waals surface area contributed by atoms with Gasteiger partial charge >= 0.3 is 0 Å². The summed E-state index contributed by atoms with van der Waals surface area (Å²) in [6, 6.07) is 6.03. The lowest BCUT2D eigenvalue weighted by Gasteiger charge is -2.21. The van der Waals surface area contributed by atoms with Crippen molar-refractivity contribution in [3.63, 3.8) is 0 Å². The second-order valence-corrected chi connectivity index (χ2v) is 6.84. The minimum absolute atomic E-state index is 0.0395. The van der Waals surface area contributed by atoms with Crippen molar-refractivity contribution in [1.82, 2.24) is 0 Å². The first-order chi connectivity index (χ1) is 9.25. The molecular weight excluding hydrogens is 248 g/mol. The monoisotopic (exact) mass is 276 g/mol. The third kappa shape index (κ3) is 4.66. The highest BCUT2D eigenvalue weighted by molar-refractivity contribution is 5.98. The maximum Gasteiger partial charge on any atom is 0.166 e. The van der Waals surface area contributed by atoms with Gasteiger partial charge in [0.1, 0.15) is 5.75 Å². The van der Waals surface area contributed by atoms with Gasteiger partial charge in [-0.05, 0) is 35.4 Å². The molecule has 0 saturated carbocycles. The van der Waals surface area contributed by atoms with E-state index in [1.165, 1.54) is 5.56 Å². The van der Waals surface area contributed by atoms with Gasteiger partial charge in [-0.3, -0.25) is 4.79 Å². The highest BCUT2D eigenvalue weighted by atomic mass is 16.5. The van der Waals surface area contributed by atoms with Crippen LogP contribution >= 0.6 is 0 Å². The van der Waals surface area contributed by atoms with Crippen molar-refractivity contribution < 1.29 is 9.53 Å². The number of ether oxygens (including phenoxy) is 1. The number of Topliss-reactive ketones (excluding diaryl/α,β-unsaturated/α-hetero) is 1. The molecule has 0 bridgehead atoms. The fourth-order valence-electron chi connectivity index (χ4n) is 1.96. The molecule has 112 valence electrons. The summed E-state index contributed by atoms with van der Waals surface area (Å²) in [7, 11) is 0. The summed E-state index contributed by atoms with van der Waals surface area (Å²) in [4.78, 5) is 12.3. The molecule has 0 saturated heterocycles. The minimum Gasteiger partial charge on any atom is -0.493 e. The number of carbonyl (C=O) groups is 1. The van der Waals surface area contributed by atoms with E-state index in [2.05, 4.69) is 40.7 Å². The second kappa shape index (κ2) is 6.92. The number of hydrogen-bond donors (Lipinski definition) is 0. The maximum absolute atomic E-state index is 12.3. The van der Waals surface area contributed by atoms with Crippen LogP contribution in [0.3, 0.4) is 0 Å². The van der Waals surface area contributed by atoms with Crippen LogP contribution in [0.4, 0.5) is 0 Å². The molecule has 1 aromatic rings. The van der Waals surface area contributed by atoms with Crippen LogP contribution in [0.5, 0.6) is 5.75 Å². The first kappa shape index (κ1) is 16.7. The first-order valence-electron chi connectivity index (χ1n) is 7.56. The lowest BCUT2D eigenvalue weighted by Crippen LogP contribution is -2.14. The Bertz CT molecular complexity index is 453. The average molecular weight is 276 g/mol. The van der Waals surface area contributed by atoms with Gasteiger partial charge in [-0.1, -0.05) is 47.6 Å². The third-order valence-electron chi connectivity index (χ3n) is 3.20. The summed E-state index contributed by atoms with van der Waals surface area (Å²) in [5.74, 6) is 1.36. The average Bonchev–Trinajstić information content (AvgIpc) is 2.35. The summed E-state index contributed by atoms with van der Waals surface area (Å²) >= 11 is 0. The number of benzene rings is 1. The summed E-state index contributed by atoms with van der Waals surface area (Å²) in [5.41, 5.74) is 1.95. The van der Waals surface area contributed by atoms with Crippen molar-refractivity contribution in [2.24, 2.45) is 5.92 Å². The topological polar surface area (TPSA) is 26.3 Å². The molecule has 1 rings (SSSR count). The highest BCUT2D eigenvalue weighted by Crippen LogP contribution is 2.29. The largest absolute Gasteiger partial charge is 0.493 e. The zero-order valence-corrected chi connectivity index (χ0v) is 13.7. The molecule has 0 aliphatic heterocycles. The first-order valence-corrected chi connectivity index (χ1v) is 7.56. The molecule has 2 heteroatoms. The predicted octanol–water partition coefficient (Wildman–Crippen LogP) is 5.00. The molecular formula is C18H28O2. The quantitative estimate of drug-likeness (QED) is 0.683. The molecule has 20 heavy (non-hydrogen) atoms. The van der Waals surface area contributed by atoms with Crippen molar-refractivity contribution in [2.45, 2.75) is 59.8 Å². The van der Waals surface area contributed by atoms with Gasteiger partial charge in [-0.15, -0.1) is 0 Å². The Hall–Kier alpha value is -1.31. The van der Waals surface area contributed by atoms with Crippen LogP contribution in [0.25, 0.3) is 0 Å². The normalized spacial score (nSPS) is 11.8. The van der Waals surface area contributed by atoms with Gasteiger partial charge < -0.3 is 4.74 Å². The van der Waals surface area contributed by atoms with E-state index in [0.29, 0.717) is 18.9 Å². The fraction of sp³-hybridized carbons (Fsp3) is 0.611. The predicted molar refractivity (Wildman–Crippen MR) is 84.7 cm³/mol. The molecule has 2 nitrogen and oxygen atoms in total. The Balaban J connectivity index is 3.13. The Morgan fingerprint density at radius 1 is 1.25 bits per heavy atom. The molecule has 0 spiro atoms. The Labute approximate surface area is 123 Å². The molecule has 0 aliphatic rings. The summed E-state index contributed by atoms with van der Waals surface area (Å²) in [5, 5.41) is 0. The van der Waals surface area contributed by atoms with Gasteiger partial charge in [0.2, 0.25) is 0 Å². The van der Waals surface area contributed by atoms with Crippen molar-refractivity contribution in [3.05, 3.63) is 29.3 Å². The molecule has 0 aromatic heterocycles. The number of ketones is 1. The van der Waals surface area contributed by atoms with Crippen LogP contribution in [-0.4, -0.2) is 12.4 Å². The van der Waals surface area contributed by atoms with Crippen LogP contribution in [0.1, 0.15) is 70.3 Å². The van der Waals surface area contributed by atoms with E-state index < -0.39 is 0 Å². The Morgan fingerprint density at radius 3 is 2.40 bits per heavy atom. The molecule has 0 aliphatic carbocycles. The molecule has 0 unspecified atom stereocenters. The summed E-state index contributed by atoms with van der Waals surface area (Å²) in [6.45, 7) is 13.4. The number of rotatable bonds is 6. The highest BCUT2D eigenvalue weighted by Gasteiger charge is 2.19. The van der Waals surface area contributed by atoms with Gasteiger partial charge in [-0.25, -0.2) is 0 Å². The van der Waals surface area contributed by atoms with Crippen molar-refractivity contribution in [2.75, 3.05) is 6.61 Å². The van der Waals surface area contributed by atoms with E-state index in [1.54, 1.807) is 0 Å².